The molecule has 1 amide bonds. The number of amides is 1. The predicted octanol–water partition coefficient (Wildman–Crippen LogP) is 1.89. The van der Waals surface area contributed by atoms with Crippen molar-refractivity contribution in [3.63, 3.8) is 0 Å². The number of aromatic nitrogens is 1. The van der Waals surface area contributed by atoms with E-state index in [0.29, 0.717) is 13.0 Å². The molecule has 0 atom stereocenters. The first kappa shape index (κ1) is 15.8. The summed E-state index contributed by atoms with van der Waals surface area (Å²) in [6.45, 7) is 5.91. The zero-order valence-corrected chi connectivity index (χ0v) is 12.0. The molecule has 6 nitrogen and oxygen atoms in total. The maximum Gasteiger partial charge on any atom is 0.407 e. The molecule has 0 aromatic carbocycles. The maximum absolute atomic E-state index is 11.4. The summed E-state index contributed by atoms with van der Waals surface area (Å²) in [5, 5.41) is 2.65. The van der Waals surface area contributed by atoms with Crippen molar-refractivity contribution in [1.82, 2.24) is 10.3 Å². The Morgan fingerprint density at radius 2 is 2.20 bits per heavy atom. The highest BCUT2D eigenvalue weighted by molar-refractivity contribution is 5.67. The highest BCUT2D eigenvalue weighted by Crippen LogP contribution is 2.06. The summed E-state index contributed by atoms with van der Waals surface area (Å²) in [6, 6.07) is 1.59. The fraction of sp³-hybridized carbons (Fsp3) is 0.429. The van der Waals surface area contributed by atoms with E-state index in [1.807, 2.05) is 32.9 Å². The van der Waals surface area contributed by atoms with Crippen LogP contribution in [0.25, 0.3) is 6.08 Å². The lowest BCUT2D eigenvalue weighted by molar-refractivity contribution is 0.0529. The van der Waals surface area contributed by atoms with Gasteiger partial charge in [0.05, 0.1) is 5.69 Å². The molecule has 0 aliphatic rings. The Hall–Kier alpha value is -2.24. The van der Waals surface area contributed by atoms with Crippen LogP contribution in [0.5, 0.6) is 0 Å². The predicted molar refractivity (Wildman–Crippen MR) is 79.4 cm³/mol. The second kappa shape index (κ2) is 6.79. The van der Waals surface area contributed by atoms with Gasteiger partial charge in [0, 0.05) is 12.7 Å². The Labute approximate surface area is 118 Å². The van der Waals surface area contributed by atoms with Crippen molar-refractivity contribution in [1.29, 1.82) is 0 Å². The van der Waals surface area contributed by atoms with E-state index in [1.165, 1.54) is 0 Å². The quantitative estimate of drug-likeness (QED) is 0.733. The topological polar surface area (TPSA) is 97.2 Å². The molecule has 0 spiro atoms. The normalized spacial score (nSPS) is 11.6. The summed E-state index contributed by atoms with van der Waals surface area (Å²) >= 11 is 0. The van der Waals surface area contributed by atoms with Gasteiger partial charge in [0.1, 0.15) is 5.60 Å². The summed E-state index contributed by atoms with van der Waals surface area (Å²) in [5.41, 5.74) is 5.69. The van der Waals surface area contributed by atoms with Gasteiger partial charge in [0.25, 0.3) is 5.56 Å². The van der Waals surface area contributed by atoms with Crippen LogP contribution in [0.2, 0.25) is 0 Å². The van der Waals surface area contributed by atoms with Gasteiger partial charge in [-0.05, 0) is 38.8 Å². The van der Waals surface area contributed by atoms with Crippen LogP contribution in [0.4, 0.5) is 10.5 Å². The van der Waals surface area contributed by atoms with Gasteiger partial charge in [0.2, 0.25) is 0 Å². The van der Waals surface area contributed by atoms with Crippen molar-refractivity contribution < 1.29 is 9.53 Å². The molecule has 0 aliphatic heterocycles. The van der Waals surface area contributed by atoms with E-state index in [0.717, 1.165) is 5.56 Å². The monoisotopic (exact) mass is 279 g/mol. The van der Waals surface area contributed by atoms with E-state index in [-0.39, 0.29) is 11.2 Å². The Kier molecular flexibility index (Phi) is 5.37. The van der Waals surface area contributed by atoms with Gasteiger partial charge < -0.3 is 20.8 Å². The van der Waals surface area contributed by atoms with Gasteiger partial charge in [0.15, 0.2) is 0 Å². The number of nitrogens with two attached hydrogens (primary N) is 1. The first-order valence-electron chi connectivity index (χ1n) is 6.39. The fourth-order valence-corrected chi connectivity index (χ4v) is 1.41. The maximum atomic E-state index is 11.4. The molecule has 0 saturated heterocycles. The second-order valence-electron chi connectivity index (χ2n) is 5.34. The van der Waals surface area contributed by atoms with E-state index in [4.69, 9.17) is 10.5 Å². The number of pyridine rings is 1. The number of anilines is 1. The molecule has 6 heteroatoms. The third kappa shape index (κ3) is 6.08. The minimum Gasteiger partial charge on any atom is -0.444 e. The molecule has 0 fully saturated rings. The van der Waals surface area contributed by atoms with Crippen molar-refractivity contribution >= 4 is 17.9 Å². The molecular formula is C14H21N3O3. The van der Waals surface area contributed by atoms with E-state index in [9.17, 15) is 9.59 Å². The van der Waals surface area contributed by atoms with Crippen LogP contribution < -0.4 is 16.6 Å². The van der Waals surface area contributed by atoms with Gasteiger partial charge in [-0.15, -0.1) is 0 Å². The van der Waals surface area contributed by atoms with Crippen molar-refractivity contribution in [2.75, 3.05) is 12.3 Å². The van der Waals surface area contributed by atoms with Crippen molar-refractivity contribution in [3.8, 4) is 0 Å². The molecule has 20 heavy (non-hydrogen) atoms. The highest BCUT2D eigenvalue weighted by Gasteiger charge is 2.15. The molecular weight excluding hydrogens is 258 g/mol. The minimum atomic E-state index is -0.493. The molecule has 1 aromatic rings. The molecule has 1 aromatic heterocycles. The standard InChI is InChI=1S/C14H21N3O3/c1-14(2,3)20-13(19)16-7-5-4-6-10-8-11(15)12(18)17-9-10/h4,6,8-9H,5,7,15H2,1-3H3,(H,16,19)(H,17,18). The molecule has 1 rings (SSSR count). The summed E-state index contributed by atoms with van der Waals surface area (Å²) in [4.78, 5) is 25.0. The van der Waals surface area contributed by atoms with Gasteiger partial charge in [-0.25, -0.2) is 4.79 Å². The SMILES string of the molecule is CC(C)(C)OC(=O)NCCC=Cc1c[nH]c(=O)c(N)c1. The number of carbonyl (C=O) groups is 1. The van der Waals surface area contributed by atoms with Crippen LogP contribution in [-0.4, -0.2) is 23.2 Å². The Morgan fingerprint density at radius 3 is 2.80 bits per heavy atom. The lowest BCUT2D eigenvalue weighted by Crippen LogP contribution is -2.32. The Bertz CT molecular complexity index is 541. The highest BCUT2D eigenvalue weighted by atomic mass is 16.6. The number of carbonyl (C=O) groups excluding carboxylic acids is 1. The van der Waals surface area contributed by atoms with Gasteiger partial charge >= 0.3 is 6.09 Å². The molecule has 110 valence electrons. The van der Waals surface area contributed by atoms with E-state index < -0.39 is 11.7 Å². The zero-order valence-electron chi connectivity index (χ0n) is 12.0. The van der Waals surface area contributed by atoms with Crippen molar-refractivity contribution in [2.45, 2.75) is 32.8 Å². The third-order valence-electron chi connectivity index (χ3n) is 2.24. The van der Waals surface area contributed by atoms with E-state index in [1.54, 1.807) is 12.3 Å². The Balaban J connectivity index is 2.34. The summed E-state index contributed by atoms with van der Waals surface area (Å²) in [6.07, 6.45) is 5.50. The average Bonchev–Trinajstić information content (AvgIpc) is 2.31. The number of nitrogens with one attached hydrogen (secondary N) is 2. The molecule has 0 radical (unpaired) electrons. The van der Waals surface area contributed by atoms with Crippen LogP contribution >= 0.6 is 0 Å². The number of alkyl carbamates (subject to hydrolysis) is 1. The van der Waals surface area contributed by atoms with Gasteiger partial charge in [-0.2, -0.15) is 0 Å². The average molecular weight is 279 g/mol. The van der Waals surface area contributed by atoms with Crippen LogP contribution in [0.3, 0.4) is 0 Å². The molecule has 1 heterocycles. The van der Waals surface area contributed by atoms with Crippen molar-refractivity contribution in [3.05, 3.63) is 34.3 Å². The summed E-state index contributed by atoms with van der Waals surface area (Å²) in [5.74, 6) is 0. The number of ether oxygens (including phenoxy) is 1. The number of rotatable bonds is 4. The summed E-state index contributed by atoms with van der Waals surface area (Å²) in [7, 11) is 0. The first-order valence-corrected chi connectivity index (χ1v) is 6.39. The molecule has 0 saturated carbocycles. The largest absolute Gasteiger partial charge is 0.444 e. The smallest absolute Gasteiger partial charge is 0.407 e. The lowest BCUT2D eigenvalue weighted by atomic mass is 10.2. The second-order valence-corrected chi connectivity index (χ2v) is 5.34. The van der Waals surface area contributed by atoms with E-state index in [2.05, 4.69) is 10.3 Å². The number of hydrogen-bond donors (Lipinski definition) is 3. The molecule has 4 N–H and O–H groups in total. The fourth-order valence-electron chi connectivity index (χ4n) is 1.41. The van der Waals surface area contributed by atoms with Crippen LogP contribution in [0.15, 0.2) is 23.1 Å². The Morgan fingerprint density at radius 1 is 1.50 bits per heavy atom. The minimum absolute atomic E-state index is 0.180. The molecule has 0 unspecified atom stereocenters. The molecule has 0 bridgehead atoms. The van der Waals surface area contributed by atoms with Crippen LogP contribution in [0, 0.1) is 0 Å². The van der Waals surface area contributed by atoms with Gasteiger partial charge in [-0.1, -0.05) is 12.2 Å². The van der Waals surface area contributed by atoms with E-state index >= 15 is 0 Å². The lowest BCUT2D eigenvalue weighted by Gasteiger charge is -2.19. The number of hydrogen-bond acceptors (Lipinski definition) is 4. The zero-order chi connectivity index (χ0) is 15.2. The van der Waals surface area contributed by atoms with Gasteiger partial charge in [-0.3, -0.25) is 4.79 Å². The number of nitrogen functional groups attached to an aromatic ring is 1. The number of H-pyrrole nitrogens is 1. The van der Waals surface area contributed by atoms with Crippen molar-refractivity contribution in [2.24, 2.45) is 0 Å². The molecule has 0 aliphatic carbocycles. The van der Waals surface area contributed by atoms with Crippen LogP contribution in [0.1, 0.15) is 32.8 Å². The third-order valence-corrected chi connectivity index (χ3v) is 2.24. The number of aromatic amines is 1. The van der Waals surface area contributed by atoms with Crippen LogP contribution in [-0.2, 0) is 4.74 Å². The summed E-state index contributed by atoms with van der Waals surface area (Å²) < 4.78 is 5.10. The first-order chi connectivity index (χ1) is 9.28.